The Hall–Kier alpha value is -1.52. The Morgan fingerprint density at radius 3 is 2.61 bits per heavy atom. The third kappa shape index (κ3) is 2.66. The third-order valence-corrected chi connectivity index (χ3v) is 3.21. The van der Waals surface area contributed by atoms with Gasteiger partial charge >= 0.3 is 0 Å². The Bertz CT molecular complexity index is 573. The van der Waals surface area contributed by atoms with E-state index in [1.54, 1.807) is 4.68 Å². The van der Waals surface area contributed by atoms with Crippen molar-refractivity contribution in [1.82, 2.24) is 9.78 Å². The predicted molar refractivity (Wildman–Crippen MR) is 74.3 cm³/mol. The first-order valence-electron chi connectivity index (χ1n) is 5.32. The molecule has 0 unspecified atom stereocenters. The van der Waals surface area contributed by atoms with Gasteiger partial charge in [0.15, 0.2) is 0 Å². The number of rotatable bonds is 3. The lowest BCUT2D eigenvalue weighted by Gasteiger charge is -2.03. The highest BCUT2D eigenvalue weighted by Gasteiger charge is 2.11. The van der Waals surface area contributed by atoms with E-state index in [9.17, 15) is 0 Å². The minimum Gasteiger partial charge on any atom is -0.323 e. The molecule has 18 heavy (non-hydrogen) atoms. The van der Waals surface area contributed by atoms with E-state index in [0.29, 0.717) is 16.7 Å². The standard InChI is InChI=1S/C12H12Cl2N4/c1-8-11(6-16-15)12(14)18(17-8)7-9-2-4-10(13)5-3-9/h2-6H,7,15H2,1H3/b16-6-. The van der Waals surface area contributed by atoms with Crippen molar-refractivity contribution in [1.29, 1.82) is 0 Å². The molecule has 1 aromatic heterocycles. The number of aromatic nitrogens is 2. The smallest absolute Gasteiger partial charge is 0.136 e. The van der Waals surface area contributed by atoms with Crippen LogP contribution in [-0.4, -0.2) is 16.0 Å². The molecule has 0 aliphatic carbocycles. The van der Waals surface area contributed by atoms with Crippen molar-refractivity contribution in [3.8, 4) is 0 Å². The minimum atomic E-state index is 0.525. The third-order valence-electron chi connectivity index (χ3n) is 2.56. The van der Waals surface area contributed by atoms with Gasteiger partial charge in [0.2, 0.25) is 0 Å². The lowest BCUT2D eigenvalue weighted by Crippen LogP contribution is -2.02. The molecule has 0 atom stereocenters. The van der Waals surface area contributed by atoms with Crippen LogP contribution in [0.3, 0.4) is 0 Å². The molecule has 0 spiro atoms. The molecule has 0 amide bonds. The van der Waals surface area contributed by atoms with Gasteiger partial charge in [-0.15, -0.1) is 0 Å². The zero-order valence-electron chi connectivity index (χ0n) is 9.77. The molecule has 1 heterocycles. The molecule has 0 fully saturated rings. The Kier molecular flexibility index (Phi) is 3.89. The first kappa shape index (κ1) is 12.9. The van der Waals surface area contributed by atoms with Gasteiger partial charge < -0.3 is 5.84 Å². The molecular weight excluding hydrogens is 271 g/mol. The molecule has 0 radical (unpaired) electrons. The van der Waals surface area contributed by atoms with Gasteiger partial charge in [0.25, 0.3) is 0 Å². The summed E-state index contributed by atoms with van der Waals surface area (Å²) in [4.78, 5) is 0. The molecule has 0 saturated heterocycles. The van der Waals surface area contributed by atoms with Crippen molar-refractivity contribution in [2.45, 2.75) is 13.5 Å². The van der Waals surface area contributed by atoms with Crippen LogP contribution in [0.25, 0.3) is 0 Å². The summed E-state index contributed by atoms with van der Waals surface area (Å²) in [5, 5.41) is 9.06. The number of nitrogens with two attached hydrogens (primary N) is 1. The highest BCUT2D eigenvalue weighted by atomic mass is 35.5. The first-order valence-corrected chi connectivity index (χ1v) is 6.08. The number of halogens is 2. The molecule has 0 bridgehead atoms. The molecule has 6 heteroatoms. The fourth-order valence-electron chi connectivity index (χ4n) is 1.66. The predicted octanol–water partition coefficient (Wildman–Crippen LogP) is 2.84. The van der Waals surface area contributed by atoms with Gasteiger partial charge in [0.1, 0.15) is 5.15 Å². The maximum Gasteiger partial charge on any atom is 0.136 e. The Balaban J connectivity index is 2.29. The van der Waals surface area contributed by atoms with E-state index in [1.165, 1.54) is 6.21 Å². The largest absolute Gasteiger partial charge is 0.323 e. The van der Waals surface area contributed by atoms with Gasteiger partial charge in [-0.25, -0.2) is 4.68 Å². The lowest BCUT2D eigenvalue weighted by molar-refractivity contribution is 0.680. The lowest BCUT2D eigenvalue weighted by atomic mass is 10.2. The molecule has 4 nitrogen and oxygen atoms in total. The number of hydrogen-bond donors (Lipinski definition) is 1. The second-order valence-corrected chi connectivity index (χ2v) is 4.65. The average molecular weight is 283 g/mol. The van der Waals surface area contributed by atoms with Crippen LogP contribution >= 0.6 is 23.2 Å². The van der Waals surface area contributed by atoms with Crippen molar-refractivity contribution in [2.24, 2.45) is 10.9 Å². The van der Waals surface area contributed by atoms with Crippen molar-refractivity contribution < 1.29 is 0 Å². The van der Waals surface area contributed by atoms with E-state index in [2.05, 4.69) is 10.2 Å². The fraction of sp³-hybridized carbons (Fsp3) is 0.167. The van der Waals surface area contributed by atoms with E-state index in [1.807, 2.05) is 31.2 Å². The number of aryl methyl sites for hydroxylation is 1. The van der Waals surface area contributed by atoms with Gasteiger partial charge in [-0.2, -0.15) is 10.2 Å². The van der Waals surface area contributed by atoms with E-state index >= 15 is 0 Å². The zero-order valence-corrected chi connectivity index (χ0v) is 11.3. The Morgan fingerprint density at radius 2 is 2.00 bits per heavy atom. The highest BCUT2D eigenvalue weighted by molar-refractivity contribution is 6.32. The van der Waals surface area contributed by atoms with Gasteiger partial charge in [0, 0.05) is 5.02 Å². The van der Waals surface area contributed by atoms with Gasteiger partial charge in [0.05, 0.1) is 24.0 Å². The van der Waals surface area contributed by atoms with E-state index in [4.69, 9.17) is 29.0 Å². The summed E-state index contributed by atoms with van der Waals surface area (Å²) in [7, 11) is 0. The second kappa shape index (κ2) is 5.42. The molecule has 0 aliphatic rings. The molecule has 1 aromatic carbocycles. The molecular formula is C12H12Cl2N4. The first-order chi connectivity index (χ1) is 8.61. The van der Waals surface area contributed by atoms with E-state index in [0.717, 1.165) is 16.8 Å². The molecule has 0 aliphatic heterocycles. The maximum atomic E-state index is 6.22. The van der Waals surface area contributed by atoms with Crippen LogP contribution < -0.4 is 5.84 Å². The van der Waals surface area contributed by atoms with Crippen molar-refractivity contribution in [3.05, 3.63) is 51.3 Å². The van der Waals surface area contributed by atoms with E-state index < -0.39 is 0 Å². The van der Waals surface area contributed by atoms with Crippen LogP contribution in [0.2, 0.25) is 10.2 Å². The minimum absolute atomic E-state index is 0.525. The summed E-state index contributed by atoms with van der Waals surface area (Å²) in [6.45, 7) is 2.44. The summed E-state index contributed by atoms with van der Waals surface area (Å²) in [6.07, 6.45) is 1.50. The van der Waals surface area contributed by atoms with Crippen molar-refractivity contribution in [2.75, 3.05) is 0 Å². The quantitative estimate of drug-likeness (QED) is 0.535. The highest BCUT2D eigenvalue weighted by Crippen LogP contribution is 2.19. The molecule has 0 saturated carbocycles. The van der Waals surface area contributed by atoms with Crippen molar-refractivity contribution >= 4 is 29.4 Å². The summed E-state index contributed by atoms with van der Waals surface area (Å²) in [5.41, 5.74) is 2.61. The SMILES string of the molecule is Cc1nn(Cc2ccc(Cl)cc2)c(Cl)c1/C=N\N. The Morgan fingerprint density at radius 1 is 1.33 bits per heavy atom. The van der Waals surface area contributed by atoms with Crippen LogP contribution in [0, 0.1) is 6.92 Å². The van der Waals surface area contributed by atoms with Gasteiger partial charge in [-0.3, -0.25) is 0 Å². The summed E-state index contributed by atoms with van der Waals surface area (Å²) in [5.74, 6) is 5.14. The number of hydrazone groups is 1. The molecule has 94 valence electrons. The van der Waals surface area contributed by atoms with Crippen molar-refractivity contribution in [3.63, 3.8) is 0 Å². The normalized spacial score (nSPS) is 11.3. The van der Waals surface area contributed by atoms with Crippen LogP contribution in [0.4, 0.5) is 0 Å². The van der Waals surface area contributed by atoms with Crippen LogP contribution in [0.15, 0.2) is 29.4 Å². The van der Waals surface area contributed by atoms with Gasteiger partial charge in [-0.1, -0.05) is 35.3 Å². The summed E-state index contributed by atoms with van der Waals surface area (Å²) >= 11 is 12.1. The number of hydrogen-bond acceptors (Lipinski definition) is 3. The molecule has 2 N–H and O–H groups in total. The molecule has 2 aromatic rings. The van der Waals surface area contributed by atoms with Gasteiger partial charge in [-0.05, 0) is 24.6 Å². The molecule has 2 rings (SSSR count). The topological polar surface area (TPSA) is 56.2 Å². The summed E-state index contributed by atoms with van der Waals surface area (Å²) in [6, 6.07) is 7.55. The van der Waals surface area contributed by atoms with E-state index in [-0.39, 0.29) is 0 Å². The van der Waals surface area contributed by atoms with Crippen LogP contribution in [0.1, 0.15) is 16.8 Å². The Labute approximate surface area is 115 Å². The monoisotopic (exact) mass is 282 g/mol. The number of benzene rings is 1. The van der Waals surface area contributed by atoms with Crippen LogP contribution in [0.5, 0.6) is 0 Å². The maximum absolute atomic E-state index is 6.22. The second-order valence-electron chi connectivity index (χ2n) is 3.85. The number of nitrogens with zero attached hydrogens (tertiary/aromatic N) is 3. The zero-order chi connectivity index (χ0) is 13.1. The fourth-order valence-corrected chi connectivity index (χ4v) is 2.06. The van der Waals surface area contributed by atoms with Crippen LogP contribution in [-0.2, 0) is 6.54 Å². The summed E-state index contributed by atoms with van der Waals surface area (Å²) < 4.78 is 1.71. The average Bonchev–Trinajstić information content (AvgIpc) is 2.60.